The van der Waals surface area contributed by atoms with Crippen molar-refractivity contribution in [1.82, 2.24) is 49.4 Å². The maximum absolute atomic E-state index is 12.9. The topological polar surface area (TPSA) is 123 Å². The number of fused-ring (bicyclic) bond motifs is 1. The van der Waals surface area contributed by atoms with Crippen LogP contribution in [0.25, 0.3) is 11.6 Å². The van der Waals surface area contributed by atoms with Crippen molar-refractivity contribution < 1.29 is 4.79 Å². The number of amides is 1. The summed E-state index contributed by atoms with van der Waals surface area (Å²) in [5, 5.41) is 16.9. The number of piperazine rings is 1. The zero-order valence-corrected chi connectivity index (χ0v) is 16.5. The van der Waals surface area contributed by atoms with Crippen molar-refractivity contribution in [2.75, 3.05) is 31.1 Å². The molecule has 12 nitrogen and oxygen atoms in total. The Kier molecular flexibility index (Phi) is 4.30. The van der Waals surface area contributed by atoms with E-state index in [1.54, 1.807) is 20.4 Å². The van der Waals surface area contributed by atoms with E-state index < -0.39 is 0 Å². The summed E-state index contributed by atoms with van der Waals surface area (Å²) in [7, 11) is 0. The van der Waals surface area contributed by atoms with E-state index in [2.05, 4.69) is 40.2 Å². The molecular weight excluding hydrogens is 386 g/mol. The highest BCUT2D eigenvalue weighted by Gasteiger charge is 2.26. The number of aryl methyl sites for hydroxylation is 2. The molecular formula is C18H19N11O. The molecule has 5 rings (SSSR count). The van der Waals surface area contributed by atoms with Crippen molar-refractivity contribution in [2.24, 2.45) is 0 Å². The first-order chi connectivity index (χ1) is 14.6. The molecule has 0 bridgehead atoms. The van der Waals surface area contributed by atoms with Crippen LogP contribution >= 0.6 is 0 Å². The fourth-order valence-corrected chi connectivity index (χ4v) is 3.47. The van der Waals surface area contributed by atoms with E-state index in [4.69, 9.17) is 0 Å². The van der Waals surface area contributed by atoms with Gasteiger partial charge in [-0.3, -0.25) is 4.79 Å². The molecule has 5 heterocycles. The molecule has 0 saturated carbocycles. The van der Waals surface area contributed by atoms with Gasteiger partial charge >= 0.3 is 0 Å². The summed E-state index contributed by atoms with van der Waals surface area (Å²) in [5.41, 5.74) is 1.73. The van der Waals surface area contributed by atoms with Crippen molar-refractivity contribution in [3.05, 3.63) is 48.1 Å². The molecule has 152 valence electrons. The molecule has 4 aromatic heterocycles. The summed E-state index contributed by atoms with van der Waals surface area (Å²) in [4.78, 5) is 29.3. The fourth-order valence-electron chi connectivity index (χ4n) is 3.47. The van der Waals surface area contributed by atoms with Crippen molar-refractivity contribution >= 4 is 17.5 Å². The van der Waals surface area contributed by atoms with Crippen LogP contribution < -0.4 is 4.90 Å². The molecule has 1 aliphatic rings. The number of rotatable bonds is 3. The molecule has 1 saturated heterocycles. The minimum Gasteiger partial charge on any atom is -0.352 e. The highest BCUT2D eigenvalue weighted by Crippen LogP contribution is 2.15. The van der Waals surface area contributed by atoms with Gasteiger partial charge in [-0.2, -0.15) is 10.1 Å². The van der Waals surface area contributed by atoms with Crippen LogP contribution in [0, 0.1) is 13.8 Å². The molecule has 1 amide bonds. The monoisotopic (exact) mass is 405 g/mol. The third-order valence-electron chi connectivity index (χ3n) is 4.99. The molecule has 12 heteroatoms. The highest BCUT2D eigenvalue weighted by atomic mass is 16.2. The van der Waals surface area contributed by atoms with E-state index in [0.717, 1.165) is 17.2 Å². The molecule has 0 atom stereocenters. The Labute approximate surface area is 171 Å². The van der Waals surface area contributed by atoms with E-state index in [1.807, 2.05) is 32.0 Å². The Morgan fingerprint density at radius 1 is 1.00 bits per heavy atom. The lowest BCUT2D eigenvalue weighted by Gasteiger charge is -2.34. The van der Waals surface area contributed by atoms with E-state index in [-0.39, 0.29) is 11.7 Å². The second-order valence-electron chi connectivity index (χ2n) is 7.06. The van der Waals surface area contributed by atoms with Crippen molar-refractivity contribution in [1.29, 1.82) is 0 Å². The predicted molar refractivity (Wildman–Crippen MR) is 105 cm³/mol. The lowest BCUT2D eigenvalue weighted by Crippen LogP contribution is -2.49. The number of aromatic nitrogens is 9. The molecule has 0 N–H and O–H groups in total. The lowest BCUT2D eigenvalue weighted by molar-refractivity contribution is 0.0734. The predicted octanol–water partition coefficient (Wildman–Crippen LogP) is 0.0742. The van der Waals surface area contributed by atoms with Crippen LogP contribution in [-0.2, 0) is 0 Å². The van der Waals surface area contributed by atoms with Crippen LogP contribution in [0.3, 0.4) is 0 Å². The van der Waals surface area contributed by atoms with Gasteiger partial charge in [0.05, 0.1) is 0 Å². The number of nitrogens with zero attached hydrogens (tertiary/aromatic N) is 11. The Hall–Kier alpha value is -3.96. The maximum atomic E-state index is 12.9. The quantitative estimate of drug-likeness (QED) is 0.466. The third-order valence-corrected chi connectivity index (χ3v) is 4.99. The molecule has 0 unspecified atom stereocenters. The third kappa shape index (κ3) is 3.21. The van der Waals surface area contributed by atoms with Crippen molar-refractivity contribution in [3.63, 3.8) is 0 Å². The van der Waals surface area contributed by atoms with E-state index in [1.165, 1.54) is 6.33 Å². The number of hydrogen-bond acceptors (Lipinski definition) is 9. The second-order valence-corrected chi connectivity index (χ2v) is 7.06. The molecule has 0 radical (unpaired) electrons. The van der Waals surface area contributed by atoms with Gasteiger partial charge in [-0.15, -0.1) is 15.3 Å². The van der Waals surface area contributed by atoms with Gasteiger partial charge < -0.3 is 9.80 Å². The Bertz CT molecular complexity index is 1190. The molecule has 0 aliphatic carbocycles. The number of carbonyl (C=O) groups excluding carboxylic acids is 1. The standard InChI is InChI=1S/C18H19N11O/c1-12-9-13(2)29-18(21-12)22-16(25-29)17(30)27-7-5-26(6-8-27)14-3-4-15(24-23-14)28-11-19-10-20-28/h3-4,9-11H,5-8H2,1-2H3. The average Bonchev–Trinajstić information content (AvgIpc) is 3.44. The van der Waals surface area contributed by atoms with E-state index >= 15 is 0 Å². The Morgan fingerprint density at radius 2 is 1.77 bits per heavy atom. The zero-order chi connectivity index (χ0) is 20.7. The van der Waals surface area contributed by atoms with Crippen LogP contribution in [0.15, 0.2) is 30.9 Å². The highest BCUT2D eigenvalue weighted by molar-refractivity contribution is 5.91. The minimum atomic E-state index is -0.190. The fraction of sp³-hybridized carbons (Fsp3) is 0.333. The van der Waals surface area contributed by atoms with Gasteiger partial charge in [-0.1, -0.05) is 0 Å². The summed E-state index contributed by atoms with van der Waals surface area (Å²) in [6.45, 7) is 6.20. The van der Waals surface area contributed by atoms with Crippen molar-refractivity contribution in [2.45, 2.75) is 13.8 Å². The summed E-state index contributed by atoms with van der Waals surface area (Å²) < 4.78 is 3.15. The molecule has 4 aromatic rings. The van der Waals surface area contributed by atoms with Crippen LogP contribution in [0.2, 0.25) is 0 Å². The summed E-state index contributed by atoms with van der Waals surface area (Å²) >= 11 is 0. The van der Waals surface area contributed by atoms with E-state index in [0.29, 0.717) is 37.8 Å². The first-order valence-corrected chi connectivity index (χ1v) is 9.52. The molecule has 1 fully saturated rings. The normalized spacial score (nSPS) is 14.5. The average molecular weight is 405 g/mol. The Balaban J connectivity index is 1.26. The molecule has 0 aromatic carbocycles. The molecule has 1 aliphatic heterocycles. The largest absolute Gasteiger partial charge is 0.352 e. The molecule has 0 spiro atoms. The summed E-state index contributed by atoms with van der Waals surface area (Å²) in [5.74, 6) is 1.78. The number of carbonyl (C=O) groups is 1. The second kappa shape index (κ2) is 7.13. The lowest BCUT2D eigenvalue weighted by atomic mass is 10.3. The number of hydrogen-bond donors (Lipinski definition) is 0. The van der Waals surface area contributed by atoms with E-state index in [9.17, 15) is 4.79 Å². The minimum absolute atomic E-state index is 0.168. The zero-order valence-electron chi connectivity index (χ0n) is 16.5. The van der Waals surface area contributed by atoms with Gasteiger partial charge in [0.2, 0.25) is 5.82 Å². The van der Waals surface area contributed by atoms with Crippen LogP contribution in [0.4, 0.5) is 5.82 Å². The van der Waals surface area contributed by atoms with Gasteiger partial charge in [0, 0.05) is 37.6 Å². The smallest absolute Gasteiger partial charge is 0.293 e. The molecule has 30 heavy (non-hydrogen) atoms. The SMILES string of the molecule is Cc1cc(C)n2nc(C(=O)N3CCN(c4ccc(-n5cncn5)nn4)CC3)nc2n1. The van der Waals surface area contributed by atoms with Gasteiger partial charge in [0.1, 0.15) is 12.7 Å². The summed E-state index contributed by atoms with van der Waals surface area (Å²) in [6, 6.07) is 5.64. The van der Waals surface area contributed by atoms with Gasteiger partial charge in [-0.25, -0.2) is 19.2 Å². The van der Waals surface area contributed by atoms with Crippen LogP contribution in [0.1, 0.15) is 22.0 Å². The summed E-state index contributed by atoms with van der Waals surface area (Å²) in [6.07, 6.45) is 3.02. The van der Waals surface area contributed by atoms with Crippen LogP contribution in [0.5, 0.6) is 0 Å². The number of anilines is 1. The maximum Gasteiger partial charge on any atom is 0.293 e. The Morgan fingerprint density at radius 3 is 2.47 bits per heavy atom. The first-order valence-electron chi connectivity index (χ1n) is 9.52. The van der Waals surface area contributed by atoms with Gasteiger partial charge in [0.15, 0.2) is 11.6 Å². The van der Waals surface area contributed by atoms with Crippen LogP contribution in [-0.4, -0.2) is 81.5 Å². The first kappa shape index (κ1) is 18.1. The van der Waals surface area contributed by atoms with Gasteiger partial charge in [0.25, 0.3) is 11.7 Å². The van der Waals surface area contributed by atoms with Gasteiger partial charge in [-0.05, 0) is 32.0 Å². The van der Waals surface area contributed by atoms with Crippen molar-refractivity contribution in [3.8, 4) is 5.82 Å².